The number of nitrogens with zero attached hydrogens (tertiary/aromatic N) is 2. The molecule has 0 aliphatic carbocycles. The van der Waals surface area contributed by atoms with E-state index in [1.54, 1.807) is 7.11 Å². The van der Waals surface area contributed by atoms with Gasteiger partial charge in [-0.15, -0.1) is 0 Å². The monoisotopic (exact) mass is 287 g/mol. The van der Waals surface area contributed by atoms with Crippen LogP contribution in [-0.2, 0) is 11.5 Å². The first-order chi connectivity index (χ1) is 9.81. The number of rotatable bonds is 4. The summed E-state index contributed by atoms with van der Waals surface area (Å²) in [6, 6.07) is 7.87. The Morgan fingerprint density at radius 1 is 1.20 bits per heavy atom. The summed E-state index contributed by atoms with van der Waals surface area (Å²) in [4.78, 5) is 9.39. The minimum absolute atomic E-state index is 0.782. The zero-order chi connectivity index (χ0) is 13.9. The fourth-order valence-electron chi connectivity index (χ4n) is 2.23. The minimum Gasteiger partial charge on any atom is -0.497 e. The van der Waals surface area contributed by atoms with Gasteiger partial charge < -0.3 is 10.1 Å². The first-order valence-corrected chi connectivity index (χ1v) is 7.83. The largest absolute Gasteiger partial charge is 0.497 e. The molecule has 1 N–H and O–H groups in total. The van der Waals surface area contributed by atoms with E-state index in [0.29, 0.717) is 0 Å². The third-order valence-electron chi connectivity index (χ3n) is 3.27. The van der Waals surface area contributed by atoms with Crippen LogP contribution in [-0.4, -0.2) is 23.6 Å². The molecule has 0 spiro atoms. The van der Waals surface area contributed by atoms with Gasteiger partial charge in [0.1, 0.15) is 11.6 Å². The molecule has 1 aromatic heterocycles. The lowest BCUT2D eigenvalue weighted by molar-refractivity contribution is 0.415. The molecule has 2 aromatic rings. The number of fused-ring (bicyclic) bond motifs is 1. The van der Waals surface area contributed by atoms with Gasteiger partial charge in [-0.3, -0.25) is 0 Å². The van der Waals surface area contributed by atoms with Crippen molar-refractivity contribution in [3.63, 3.8) is 0 Å². The van der Waals surface area contributed by atoms with Crippen LogP contribution in [0.4, 0.5) is 5.82 Å². The smallest absolute Gasteiger partial charge is 0.161 e. The topological polar surface area (TPSA) is 47.0 Å². The van der Waals surface area contributed by atoms with E-state index in [4.69, 9.17) is 9.72 Å². The Hall–Kier alpha value is -1.75. The summed E-state index contributed by atoms with van der Waals surface area (Å²) in [6.45, 7) is 2.96. The lowest BCUT2D eigenvalue weighted by Gasteiger charge is -2.10. The predicted molar refractivity (Wildman–Crippen MR) is 83.2 cm³/mol. The van der Waals surface area contributed by atoms with Crippen LogP contribution in [0.25, 0.3) is 11.4 Å². The van der Waals surface area contributed by atoms with Crippen molar-refractivity contribution in [3.05, 3.63) is 35.5 Å². The van der Waals surface area contributed by atoms with E-state index >= 15 is 0 Å². The van der Waals surface area contributed by atoms with Crippen molar-refractivity contribution in [1.82, 2.24) is 9.97 Å². The summed E-state index contributed by atoms with van der Waals surface area (Å²) in [5, 5.41) is 3.35. The number of benzene rings is 1. The Bertz CT molecular complexity index is 613. The van der Waals surface area contributed by atoms with Gasteiger partial charge in [0.05, 0.1) is 12.8 Å². The molecule has 104 valence electrons. The fraction of sp³-hybridized carbons (Fsp3) is 0.333. The van der Waals surface area contributed by atoms with Crippen LogP contribution < -0.4 is 10.1 Å². The summed E-state index contributed by atoms with van der Waals surface area (Å²) in [5.41, 5.74) is 3.44. The molecule has 0 bridgehead atoms. The molecule has 4 nitrogen and oxygen atoms in total. The molecule has 2 heterocycles. The maximum Gasteiger partial charge on any atom is 0.161 e. The first-order valence-electron chi connectivity index (χ1n) is 6.67. The maximum atomic E-state index is 5.18. The van der Waals surface area contributed by atoms with Crippen molar-refractivity contribution < 1.29 is 4.74 Å². The Kier molecular flexibility index (Phi) is 3.78. The molecule has 0 saturated carbocycles. The van der Waals surface area contributed by atoms with Crippen molar-refractivity contribution in [3.8, 4) is 17.1 Å². The highest BCUT2D eigenvalue weighted by Gasteiger charge is 2.19. The molecule has 20 heavy (non-hydrogen) atoms. The van der Waals surface area contributed by atoms with Crippen LogP contribution in [0.2, 0.25) is 0 Å². The molecule has 1 aromatic carbocycles. The van der Waals surface area contributed by atoms with E-state index in [2.05, 4.69) is 17.2 Å². The molecule has 0 fully saturated rings. The second-order valence-corrected chi connectivity index (χ2v) is 5.56. The number of ether oxygens (including phenoxy) is 1. The van der Waals surface area contributed by atoms with Gasteiger partial charge in [0, 0.05) is 29.2 Å². The van der Waals surface area contributed by atoms with Gasteiger partial charge in [-0.25, -0.2) is 9.97 Å². The number of hydrogen-bond donors (Lipinski definition) is 1. The zero-order valence-electron chi connectivity index (χ0n) is 11.6. The average molecular weight is 287 g/mol. The summed E-state index contributed by atoms with van der Waals surface area (Å²) in [5.74, 6) is 4.58. The van der Waals surface area contributed by atoms with Gasteiger partial charge >= 0.3 is 0 Å². The Morgan fingerprint density at radius 3 is 2.70 bits per heavy atom. The van der Waals surface area contributed by atoms with Crippen LogP contribution >= 0.6 is 11.8 Å². The van der Waals surface area contributed by atoms with Crippen LogP contribution in [0.1, 0.15) is 18.2 Å². The molecular weight excluding hydrogens is 270 g/mol. The number of hydrogen-bond acceptors (Lipinski definition) is 5. The summed E-state index contributed by atoms with van der Waals surface area (Å²) < 4.78 is 5.18. The summed E-state index contributed by atoms with van der Waals surface area (Å²) >= 11 is 1.89. The van der Waals surface area contributed by atoms with Gasteiger partial charge in [0.15, 0.2) is 5.82 Å². The second-order valence-electron chi connectivity index (χ2n) is 4.57. The first kappa shape index (κ1) is 13.2. The van der Waals surface area contributed by atoms with Crippen LogP contribution in [0.5, 0.6) is 5.75 Å². The third-order valence-corrected chi connectivity index (χ3v) is 4.24. The van der Waals surface area contributed by atoms with E-state index in [9.17, 15) is 0 Å². The SMILES string of the molecule is CCNc1nc(-c2ccc(OC)cc2)nc2c1CSC2. The van der Waals surface area contributed by atoms with Gasteiger partial charge in [-0.2, -0.15) is 11.8 Å². The molecule has 0 amide bonds. The third kappa shape index (κ3) is 2.45. The molecule has 0 unspecified atom stereocenters. The maximum absolute atomic E-state index is 5.18. The van der Waals surface area contributed by atoms with Crippen LogP contribution in [0, 0.1) is 0 Å². The highest BCUT2D eigenvalue weighted by Crippen LogP contribution is 2.34. The van der Waals surface area contributed by atoms with E-state index < -0.39 is 0 Å². The highest BCUT2D eigenvalue weighted by atomic mass is 32.2. The molecule has 1 aliphatic heterocycles. The Labute approximate surface area is 123 Å². The lowest BCUT2D eigenvalue weighted by atomic mass is 10.1. The number of methoxy groups -OCH3 is 1. The van der Waals surface area contributed by atoms with E-state index in [1.165, 1.54) is 5.56 Å². The standard InChI is InChI=1S/C15H17N3OS/c1-3-16-15-12-8-20-9-13(12)17-14(18-15)10-4-6-11(19-2)7-5-10/h4-7H,3,8-9H2,1-2H3,(H,16,17,18). The minimum atomic E-state index is 0.782. The molecule has 0 atom stereocenters. The normalized spacial score (nSPS) is 13.1. The number of thioether (sulfide) groups is 1. The average Bonchev–Trinajstić information content (AvgIpc) is 2.96. The highest BCUT2D eigenvalue weighted by molar-refractivity contribution is 7.98. The fourth-order valence-corrected chi connectivity index (χ4v) is 3.28. The van der Waals surface area contributed by atoms with Crippen molar-refractivity contribution >= 4 is 17.6 Å². The molecule has 1 aliphatic rings. The van der Waals surface area contributed by atoms with E-state index in [1.807, 2.05) is 36.0 Å². The Balaban J connectivity index is 2.02. The second kappa shape index (κ2) is 5.71. The van der Waals surface area contributed by atoms with Gasteiger partial charge in [0.2, 0.25) is 0 Å². The zero-order valence-corrected chi connectivity index (χ0v) is 12.5. The predicted octanol–water partition coefficient (Wildman–Crippen LogP) is 3.33. The number of nitrogens with one attached hydrogen (secondary N) is 1. The van der Waals surface area contributed by atoms with E-state index in [0.717, 1.165) is 46.7 Å². The van der Waals surface area contributed by atoms with Crippen molar-refractivity contribution in [2.75, 3.05) is 19.0 Å². The molecule has 3 rings (SSSR count). The van der Waals surface area contributed by atoms with Crippen molar-refractivity contribution in [2.45, 2.75) is 18.4 Å². The molecule has 5 heteroatoms. The van der Waals surface area contributed by atoms with Gasteiger partial charge in [-0.1, -0.05) is 0 Å². The number of aromatic nitrogens is 2. The van der Waals surface area contributed by atoms with Crippen molar-refractivity contribution in [2.24, 2.45) is 0 Å². The number of anilines is 1. The summed E-state index contributed by atoms with van der Waals surface area (Å²) in [6.07, 6.45) is 0. The Morgan fingerprint density at radius 2 is 2.00 bits per heavy atom. The summed E-state index contributed by atoms with van der Waals surface area (Å²) in [7, 11) is 1.67. The van der Waals surface area contributed by atoms with Gasteiger partial charge in [-0.05, 0) is 31.2 Å². The van der Waals surface area contributed by atoms with E-state index in [-0.39, 0.29) is 0 Å². The van der Waals surface area contributed by atoms with Crippen LogP contribution in [0.15, 0.2) is 24.3 Å². The molecule has 0 saturated heterocycles. The van der Waals surface area contributed by atoms with Gasteiger partial charge in [0.25, 0.3) is 0 Å². The molecular formula is C15H17N3OS. The lowest BCUT2D eigenvalue weighted by Crippen LogP contribution is -2.06. The van der Waals surface area contributed by atoms with Crippen LogP contribution in [0.3, 0.4) is 0 Å². The molecule has 0 radical (unpaired) electrons. The van der Waals surface area contributed by atoms with Crippen molar-refractivity contribution in [1.29, 1.82) is 0 Å². The quantitative estimate of drug-likeness (QED) is 0.934.